The maximum Gasteiger partial charge on any atom is 0.191 e. The van der Waals surface area contributed by atoms with Crippen LogP contribution in [0.25, 0.3) is 0 Å². The first-order valence-electron chi connectivity index (χ1n) is 7.13. The van der Waals surface area contributed by atoms with Crippen LogP contribution in [-0.2, 0) is 13.1 Å². The molecule has 122 valence electrons. The van der Waals surface area contributed by atoms with Crippen molar-refractivity contribution in [1.82, 2.24) is 10.6 Å². The van der Waals surface area contributed by atoms with E-state index in [0.717, 1.165) is 11.1 Å². The van der Waals surface area contributed by atoms with Crippen molar-refractivity contribution < 1.29 is 9.13 Å². The Hall–Kier alpha value is -2.27. The van der Waals surface area contributed by atoms with Crippen LogP contribution < -0.4 is 15.4 Å². The van der Waals surface area contributed by atoms with Gasteiger partial charge in [-0.05, 0) is 29.8 Å². The summed E-state index contributed by atoms with van der Waals surface area (Å²) >= 11 is 5.95. The summed E-state index contributed by atoms with van der Waals surface area (Å²) in [5.74, 6) is 1.08. The fourth-order valence-electron chi connectivity index (χ4n) is 2.10. The Morgan fingerprint density at radius 2 is 1.96 bits per heavy atom. The summed E-state index contributed by atoms with van der Waals surface area (Å²) in [7, 11) is 3.28. The molecule has 0 spiro atoms. The van der Waals surface area contributed by atoms with Crippen molar-refractivity contribution in [3.63, 3.8) is 0 Å². The fourth-order valence-corrected chi connectivity index (χ4v) is 2.26. The largest absolute Gasteiger partial charge is 0.496 e. The Kier molecular flexibility index (Phi) is 6.23. The number of rotatable bonds is 5. The van der Waals surface area contributed by atoms with E-state index in [1.807, 2.05) is 18.2 Å². The number of hydrogen-bond donors (Lipinski definition) is 2. The van der Waals surface area contributed by atoms with E-state index >= 15 is 0 Å². The van der Waals surface area contributed by atoms with Crippen molar-refractivity contribution in [2.45, 2.75) is 13.1 Å². The summed E-state index contributed by atoms with van der Waals surface area (Å²) in [6.07, 6.45) is 0. The number of benzene rings is 2. The Balaban J connectivity index is 1.93. The van der Waals surface area contributed by atoms with E-state index in [1.54, 1.807) is 26.3 Å². The van der Waals surface area contributed by atoms with Crippen molar-refractivity contribution in [3.8, 4) is 5.75 Å². The minimum Gasteiger partial charge on any atom is -0.496 e. The van der Waals surface area contributed by atoms with E-state index in [4.69, 9.17) is 16.3 Å². The molecule has 0 saturated carbocycles. The van der Waals surface area contributed by atoms with Gasteiger partial charge in [0, 0.05) is 30.7 Å². The summed E-state index contributed by atoms with van der Waals surface area (Å²) in [6.45, 7) is 1.01. The van der Waals surface area contributed by atoms with E-state index in [-0.39, 0.29) is 5.82 Å². The standard InChI is InChI=1S/C17H19ClFN3O/c1-20-17(21-10-12-4-3-5-15(19)8-12)22-11-13-6-7-14(18)9-16(13)23-2/h3-9H,10-11H2,1-2H3,(H2,20,21,22). The molecule has 2 rings (SSSR count). The van der Waals surface area contributed by atoms with Gasteiger partial charge in [-0.25, -0.2) is 4.39 Å². The number of guanidine groups is 1. The van der Waals surface area contributed by atoms with Gasteiger partial charge in [0.1, 0.15) is 11.6 Å². The maximum atomic E-state index is 13.2. The number of methoxy groups -OCH3 is 1. The highest BCUT2D eigenvalue weighted by molar-refractivity contribution is 6.30. The third kappa shape index (κ3) is 5.14. The van der Waals surface area contributed by atoms with Gasteiger partial charge < -0.3 is 15.4 Å². The quantitative estimate of drug-likeness (QED) is 0.650. The number of halogens is 2. The lowest BCUT2D eigenvalue weighted by atomic mass is 10.2. The molecular weight excluding hydrogens is 317 g/mol. The van der Waals surface area contributed by atoms with Crippen molar-refractivity contribution >= 4 is 17.6 Å². The normalized spacial score (nSPS) is 11.2. The van der Waals surface area contributed by atoms with Gasteiger partial charge in [0.15, 0.2) is 5.96 Å². The lowest BCUT2D eigenvalue weighted by Gasteiger charge is -2.14. The van der Waals surface area contributed by atoms with Crippen LogP contribution in [0.3, 0.4) is 0 Å². The first kappa shape index (κ1) is 17.1. The molecule has 2 aromatic rings. The Morgan fingerprint density at radius 1 is 1.17 bits per heavy atom. The molecule has 0 amide bonds. The number of nitrogens with zero attached hydrogens (tertiary/aromatic N) is 1. The molecule has 0 aliphatic heterocycles. The van der Waals surface area contributed by atoms with Gasteiger partial charge in [-0.2, -0.15) is 0 Å². The highest BCUT2D eigenvalue weighted by atomic mass is 35.5. The Morgan fingerprint density at radius 3 is 2.65 bits per heavy atom. The van der Waals surface area contributed by atoms with Gasteiger partial charge in [-0.15, -0.1) is 0 Å². The van der Waals surface area contributed by atoms with E-state index in [1.165, 1.54) is 12.1 Å². The molecule has 2 aromatic carbocycles. The fraction of sp³-hybridized carbons (Fsp3) is 0.235. The van der Waals surface area contributed by atoms with Gasteiger partial charge in [0.2, 0.25) is 0 Å². The number of ether oxygens (including phenoxy) is 1. The molecule has 0 saturated heterocycles. The molecular formula is C17H19ClFN3O. The third-order valence-corrected chi connectivity index (χ3v) is 3.50. The zero-order chi connectivity index (χ0) is 16.7. The predicted octanol–water partition coefficient (Wildman–Crippen LogP) is 3.35. The van der Waals surface area contributed by atoms with Crippen LogP contribution in [0.5, 0.6) is 5.75 Å². The second-order valence-electron chi connectivity index (χ2n) is 4.87. The molecule has 0 aliphatic carbocycles. The van der Waals surface area contributed by atoms with Gasteiger partial charge in [-0.3, -0.25) is 4.99 Å². The van der Waals surface area contributed by atoms with Crippen molar-refractivity contribution in [2.75, 3.05) is 14.2 Å². The molecule has 2 N–H and O–H groups in total. The highest BCUT2D eigenvalue weighted by Gasteiger charge is 2.05. The Labute approximate surface area is 140 Å². The van der Waals surface area contributed by atoms with Crippen LogP contribution >= 0.6 is 11.6 Å². The van der Waals surface area contributed by atoms with Gasteiger partial charge in [-0.1, -0.05) is 29.8 Å². The molecule has 0 unspecified atom stereocenters. The molecule has 0 radical (unpaired) electrons. The average Bonchev–Trinajstić information content (AvgIpc) is 2.56. The van der Waals surface area contributed by atoms with Crippen LogP contribution in [-0.4, -0.2) is 20.1 Å². The third-order valence-electron chi connectivity index (χ3n) is 3.27. The monoisotopic (exact) mass is 335 g/mol. The second-order valence-corrected chi connectivity index (χ2v) is 5.30. The Bertz CT molecular complexity index is 691. The molecule has 0 atom stereocenters. The number of aliphatic imine (C=N–C) groups is 1. The summed E-state index contributed by atoms with van der Waals surface area (Å²) < 4.78 is 18.5. The minimum absolute atomic E-state index is 0.252. The van der Waals surface area contributed by atoms with Gasteiger partial charge in [0.05, 0.1) is 7.11 Å². The SMILES string of the molecule is CN=C(NCc1cccc(F)c1)NCc1ccc(Cl)cc1OC. The summed E-state index contributed by atoms with van der Waals surface area (Å²) in [4.78, 5) is 4.15. The number of nitrogens with one attached hydrogen (secondary N) is 2. The van der Waals surface area contributed by atoms with Crippen molar-refractivity contribution in [1.29, 1.82) is 0 Å². The van der Waals surface area contributed by atoms with E-state index < -0.39 is 0 Å². The van der Waals surface area contributed by atoms with Crippen LogP contribution in [0.4, 0.5) is 4.39 Å². The van der Waals surface area contributed by atoms with Crippen molar-refractivity contribution in [2.24, 2.45) is 4.99 Å². The number of hydrogen-bond acceptors (Lipinski definition) is 2. The lowest BCUT2D eigenvalue weighted by molar-refractivity contribution is 0.409. The zero-order valence-electron chi connectivity index (χ0n) is 13.1. The summed E-state index contributed by atoms with van der Waals surface area (Å²) in [6, 6.07) is 11.9. The first-order valence-corrected chi connectivity index (χ1v) is 7.51. The van der Waals surface area contributed by atoms with E-state index in [0.29, 0.717) is 29.8 Å². The topological polar surface area (TPSA) is 45.7 Å². The molecule has 0 aromatic heterocycles. The van der Waals surface area contributed by atoms with E-state index in [2.05, 4.69) is 15.6 Å². The van der Waals surface area contributed by atoms with Gasteiger partial charge in [0.25, 0.3) is 0 Å². The van der Waals surface area contributed by atoms with Crippen molar-refractivity contribution in [3.05, 3.63) is 64.4 Å². The molecule has 0 bridgehead atoms. The second kappa shape index (κ2) is 8.39. The summed E-state index contributed by atoms with van der Waals surface area (Å²) in [5.41, 5.74) is 1.81. The molecule has 0 aliphatic rings. The highest BCUT2D eigenvalue weighted by Crippen LogP contribution is 2.22. The molecule has 0 fully saturated rings. The summed E-state index contributed by atoms with van der Waals surface area (Å²) in [5, 5.41) is 6.95. The maximum absolute atomic E-state index is 13.2. The zero-order valence-corrected chi connectivity index (χ0v) is 13.8. The minimum atomic E-state index is -0.252. The van der Waals surface area contributed by atoms with Crippen LogP contribution in [0.2, 0.25) is 5.02 Å². The molecule has 0 heterocycles. The average molecular weight is 336 g/mol. The molecule has 6 heteroatoms. The smallest absolute Gasteiger partial charge is 0.191 e. The van der Waals surface area contributed by atoms with Crippen LogP contribution in [0, 0.1) is 5.82 Å². The van der Waals surface area contributed by atoms with Crippen LogP contribution in [0.1, 0.15) is 11.1 Å². The van der Waals surface area contributed by atoms with Gasteiger partial charge >= 0.3 is 0 Å². The van der Waals surface area contributed by atoms with Crippen LogP contribution in [0.15, 0.2) is 47.5 Å². The predicted molar refractivity (Wildman–Crippen MR) is 91.4 cm³/mol. The lowest BCUT2D eigenvalue weighted by Crippen LogP contribution is -2.36. The van der Waals surface area contributed by atoms with E-state index in [9.17, 15) is 4.39 Å². The first-order chi connectivity index (χ1) is 11.1. The molecule has 23 heavy (non-hydrogen) atoms. The molecule has 4 nitrogen and oxygen atoms in total.